The van der Waals surface area contributed by atoms with Gasteiger partial charge in [0.15, 0.2) is 0 Å². The zero-order valence-electron chi connectivity index (χ0n) is 10.0. The number of alkyl halides is 3. The lowest BCUT2D eigenvalue weighted by Crippen LogP contribution is -2.32. The van der Waals surface area contributed by atoms with Crippen LogP contribution >= 0.6 is 0 Å². The fourth-order valence-electron chi connectivity index (χ4n) is 3.23. The van der Waals surface area contributed by atoms with E-state index in [1.165, 1.54) is 18.6 Å². The Hall–Kier alpha value is -1.03. The zero-order chi connectivity index (χ0) is 13.0. The highest BCUT2D eigenvalue weighted by Crippen LogP contribution is 2.58. The Kier molecular flexibility index (Phi) is 2.49. The lowest BCUT2D eigenvalue weighted by Gasteiger charge is -2.35. The van der Waals surface area contributed by atoms with Gasteiger partial charge in [-0.05, 0) is 42.9 Å². The van der Waals surface area contributed by atoms with Crippen molar-refractivity contribution < 1.29 is 13.2 Å². The van der Waals surface area contributed by atoms with Crippen LogP contribution in [0.2, 0.25) is 0 Å². The van der Waals surface area contributed by atoms with Crippen molar-refractivity contribution in [3.63, 3.8) is 0 Å². The van der Waals surface area contributed by atoms with E-state index in [-0.39, 0.29) is 11.5 Å². The molecule has 2 saturated carbocycles. The number of halogens is 3. The van der Waals surface area contributed by atoms with Crippen molar-refractivity contribution in [2.75, 3.05) is 0 Å². The number of benzene rings is 1. The molecule has 2 fully saturated rings. The standard InChI is InChI=1S/C14H16F3N/c15-14(16,17)11-6-4-10(5-7-11)13(8-12(13)18)9-2-1-3-9/h4-7,9,12H,1-3,8,18H2/t12-,13?/m1/s1. The summed E-state index contributed by atoms with van der Waals surface area (Å²) in [6.45, 7) is 0. The van der Waals surface area contributed by atoms with Crippen molar-refractivity contribution in [1.82, 2.24) is 0 Å². The summed E-state index contributed by atoms with van der Waals surface area (Å²) in [5, 5.41) is 0. The van der Waals surface area contributed by atoms with Gasteiger partial charge in [0.05, 0.1) is 5.56 Å². The minimum absolute atomic E-state index is 0.0254. The summed E-state index contributed by atoms with van der Waals surface area (Å²) in [6, 6.07) is 5.73. The first-order valence-corrected chi connectivity index (χ1v) is 6.38. The molecule has 4 heteroatoms. The van der Waals surface area contributed by atoms with E-state index in [0.29, 0.717) is 5.92 Å². The second kappa shape index (κ2) is 3.73. The molecule has 0 saturated heterocycles. The first kappa shape index (κ1) is 12.0. The first-order chi connectivity index (χ1) is 8.44. The van der Waals surface area contributed by atoms with E-state index in [1.54, 1.807) is 12.1 Å². The van der Waals surface area contributed by atoms with Gasteiger partial charge in [0.1, 0.15) is 0 Å². The third-order valence-electron chi connectivity index (χ3n) is 4.64. The number of hydrogen-bond donors (Lipinski definition) is 1. The Morgan fingerprint density at radius 2 is 1.67 bits per heavy atom. The zero-order valence-corrected chi connectivity index (χ0v) is 10.0. The smallest absolute Gasteiger partial charge is 0.327 e. The van der Waals surface area contributed by atoms with Gasteiger partial charge < -0.3 is 5.73 Å². The van der Waals surface area contributed by atoms with Crippen molar-refractivity contribution >= 4 is 0 Å². The van der Waals surface area contributed by atoms with Gasteiger partial charge in [-0.25, -0.2) is 0 Å². The predicted molar refractivity (Wildman–Crippen MR) is 63.1 cm³/mol. The predicted octanol–water partition coefficient (Wildman–Crippen LogP) is 3.47. The molecule has 0 amide bonds. The maximum Gasteiger partial charge on any atom is 0.416 e. The molecule has 3 rings (SSSR count). The van der Waals surface area contributed by atoms with Gasteiger partial charge in [-0.2, -0.15) is 13.2 Å². The van der Waals surface area contributed by atoms with E-state index in [9.17, 15) is 13.2 Å². The van der Waals surface area contributed by atoms with Crippen LogP contribution in [0.1, 0.15) is 36.8 Å². The molecule has 18 heavy (non-hydrogen) atoms. The highest BCUT2D eigenvalue weighted by atomic mass is 19.4. The molecule has 1 aromatic carbocycles. The summed E-state index contributed by atoms with van der Waals surface area (Å²) in [5.74, 6) is 0.573. The average Bonchev–Trinajstić information content (AvgIpc) is 2.87. The summed E-state index contributed by atoms with van der Waals surface area (Å²) in [4.78, 5) is 0. The molecule has 1 nitrogen and oxygen atoms in total. The van der Waals surface area contributed by atoms with Crippen molar-refractivity contribution in [3.05, 3.63) is 35.4 Å². The third kappa shape index (κ3) is 1.66. The lowest BCUT2D eigenvalue weighted by molar-refractivity contribution is -0.137. The van der Waals surface area contributed by atoms with E-state index in [4.69, 9.17) is 5.73 Å². The van der Waals surface area contributed by atoms with Crippen molar-refractivity contribution in [2.24, 2.45) is 11.7 Å². The van der Waals surface area contributed by atoms with Crippen LogP contribution in [-0.2, 0) is 11.6 Å². The normalized spacial score (nSPS) is 32.1. The SMILES string of the molecule is N[C@@H]1CC1(c1ccc(C(F)(F)F)cc1)C1CCC1. The molecule has 0 aromatic heterocycles. The summed E-state index contributed by atoms with van der Waals surface area (Å²) in [6.07, 6.45) is 0.208. The second-order valence-electron chi connectivity index (χ2n) is 5.55. The van der Waals surface area contributed by atoms with Crippen molar-refractivity contribution in [2.45, 2.75) is 43.3 Å². The van der Waals surface area contributed by atoms with E-state index in [1.807, 2.05) is 0 Å². The van der Waals surface area contributed by atoms with E-state index in [2.05, 4.69) is 0 Å². The van der Waals surface area contributed by atoms with Crippen LogP contribution in [0.3, 0.4) is 0 Å². The molecule has 0 heterocycles. The molecule has 2 atom stereocenters. The Morgan fingerprint density at radius 1 is 1.11 bits per heavy atom. The van der Waals surface area contributed by atoms with Crippen molar-refractivity contribution in [3.8, 4) is 0 Å². The number of nitrogens with two attached hydrogens (primary N) is 1. The molecule has 0 aliphatic heterocycles. The maximum absolute atomic E-state index is 12.5. The van der Waals surface area contributed by atoms with E-state index >= 15 is 0 Å². The van der Waals surface area contributed by atoms with Crippen LogP contribution in [0.15, 0.2) is 24.3 Å². The Bertz CT molecular complexity index is 447. The molecular weight excluding hydrogens is 239 g/mol. The van der Waals surface area contributed by atoms with Crippen LogP contribution < -0.4 is 5.73 Å². The monoisotopic (exact) mass is 255 g/mol. The van der Waals surface area contributed by atoms with Crippen LogP contribution in [0.4, 0.5) is 13.2 Å². The van der Waals surface area contributed by atoms with Crippen LogP contribution in [-0.4, -0.2) is 6.04 Å². The molecule has 2 aliphatic carbocycles. The Morgan fingerprint density at radius 3 is 2.00 bits per heavy atom. The quantitative estimate of drug-likeness (QED) is 0.860. The lowest BCUT2D eigenvalue weighted by atomic mass is 9.70. The van der Waals surface area contributed by atoms with Gasteiger partial charge in [-0.3, -0.25) is 0 Å². The van der Waals surface area contributed by atoms with Gasteiger partial charge in [0.2, 0.25) is 0 Å². The van der Waals surface area contributed by atoms with Crippen LogP contribution in [0.25, 0.3) is 0 Å². The van der Waals surface area contributed by atoms with Gasteiger partial charge in [-0.1, -0.05) is 18.6 Å². The topological polar surface area (TPSA) is 26.0 Å². The van der Waals surface area contributed by atoms with E-state index < -0.39 is 11.7 Å². The molecule has 0 radical (unpaired) electrons. The molecular formula is C14H16F3N. The minimum atomic E-state index is -4.26. The highest BCUT2D eigenvalue weighted by molar-refractivity contribution is 5.40. The highest BCUT2D eigenvalue weighted by Gasteiger charge is 2.59. The molecule has 2 N–H and O–H groups in total. The molecule has 1 aromatic rings. The van der Waals surface area contributed by atoms with Crippen LogP contribution in [0, 0.1) is 5.92 Å². The molecule has 1 unspecified atom stereocenters. The summed E-state index contributed by atoms with van der Waals surface area (Å²) < 4.78 is 37.6. The number of hydrogen-bond acceptors (Lipinski definition) is 1. The summed E-state index contributed by atoms with van der Waals surface area (Å²) in [5.41, 5.74) is 6.43. The van der Waals surface area contributed by atoms with Gasteiger partial charge in [0.25, 0.3) is 0 Å². The van der Waals surface area contributed by atoms with Gasteiger partial charge >= 0.3 is 6.18 Å². The molecule has 2 aliphatic rings. The summed E-state index contributed by atoms with van der Waals surface area (Å²) >= 11 is 0. The van der Waals surface area contributed by atoms with E-state index in [0.717, 1.165) is 24.8 Å². The largest absolute Gasteiger partial charge is 0.416 e. The van der Waals surface area contributed by atoms with Gasteiger partial charge in [-0.15, -0.1) is 0 Å². The Balaban J connectivity index is 1.88. The Labute approximate surface area is 104 Å². The minimum Gasteiger partial charge on any atom is -0.327 e. The first-order valence-electron chi connectivity index (χ1n) is 6.38. The average molecular weight is 255 g/mol. The fraction of sp³-hybridized carbons (Fsp3) is 0.571. The fourth-order valence-corrected chi connectivity index (χ4v) is 3.23. The van der Waals surface area contributed by atoms with Crippen molar-refractivity contribution in [1.29, 1.82) is 0 Å². The molecule has 98 valence electrons. The van der Waals surface area contributed by atoms with Gasteiger partial charge in [0, 0.05) is 11.5 Å². The second-order valence-corrected chi connectivity index (χ2v) is 5.55. The third-order valence-corrected chi connectivity index (χ3v) is 4.64. The molecule has 0 spiro atoms. The maximum atomic E-state index is 12.5. The number of rotatable bonds is 2. The summed E-state index contributed by atoms with van der Waals surface area (Å²) in [7, 11) is 0. The molecule has 0 bridgehead atoms. The van der Waals surface area contributed by atoms with Crippen LogP contribution in [0.5, 0.6) is 0 Å².